The Hall–Kier alpha value is -1.91. The molecule has 1 N–H and O–H groups in total. The number of aromatic nitrogens is 3. The second-order valence-electron chi connectivity index (χ2n) is 7.42. The van der Waals surface area contributed by atoms with Crippen molar-refractivity contribution in [1.29, 1.82) is 0 Å². The summed E-state index contributed by atoms with van der Waals surface area (Å²) < 4.78 is 2.03. The fraction of sp³-hybridized carbons (Fsp3) is 0.409. The van der Waals surface area contributed by atoms with Crippen molar-refractivity contribution in [3.05, 3.63) is 65.1 Å². The summed E-state index contributed by atoms with van der Waals surface area (Å²) >= 11 is 5.99. The summed E-state index contributed by atoms with van der Waals surface area (Å²) in [5, 5.41) is 12.7. The minimum absolute atomic E-state index is 0. The Morgan fingerprint density at radius 2 is 1.84 bits per heavy atom. The zero-order valence-corrected chi connectivity index (χ0v) is 20.8. The molecule has 1 aromatic carbocycles. The van der Waals surface area contributed by atoms with Crippen molar-refractivity contribution in [2.45, 2.75) is 19.9 Å². The lowest BCUT2D eigenvalue weighted by Crippen LogP contribution is -2.52. The van der Waals surface area contributed by atoms with E-state index in [0.717, 1.165) is 68.1 Å². The van der Waals surface area contributed by atoms with Crippen molar-refractivity contribution in [2.75, 3.05) is 39.3 Å². The van der Waals surface area contributed by atoms with E-state index in [1.54, 1.807) is 0 Å². The molecule has 0 atom stereocenters. The Balaban J connectivity index is 0.00000272. The van der Waals surface area contributed by atoms with Crippen LogP contribution in [0.2, 0.25) is 5.02 Å². The second kappa shape index (κ2) is 11.6. The van der Waals surface area contributed by atoms with Gasteiger partial charge in [-0.1, -0.05) is 29.8 Å². The highest BCUT2D eigenvalue weighted by molar-refractivity contribution is 14.0. The van der Waals surface area contributed by atoms with Gasteiger partial charge < -0.3 is 10.2 Å². The monoisotopic (exact) mass is 553 g/mol. The lowest BCUT2D eigenvalue weighted by molar-refractivity contribution is 0.172. The average molecular weight is 554 g/mol. The van der Waals surface area contributed by atoms with Crippen LogP contribution in [-0.4, -0.2) is 69.6 Å². The predicted octanol–water partition coefficient (Wildman–Crippen LogP) is 3.33. The third kappa shape index (κ3) is 6.30. The molecule has 2 aromatic heterocycles. The molecule has 1 aliphatic rings. The number of piperazine rings is 1. The highest BCUT2D eigenvalue weighted by Gasteiger charge is 2.19. The molecule has 166 valence electrons. The fourth-order valence-electron chi connectivity index (χ4n) is 3.71. The van der Waals surface area contributed by atoms with Crippen molar-refractivity contribution < 1.29 is 0 Å². The van der Waals surface area contributed by atoms with Gasteiger partial charge in [0.2, 0.25) is 0 Å². The molecular formula is C22H29ClIN7. The Bertz CT molecular complexity index is 981. The molecule has 0 saturated carbocycles. The number of hydrogen-bond acceptors (Lipinski definition) is 4. The summed E-state index contributed by atoms with van der Waals surface area (Å²) in [7, 11) is 0. The van der Waals surface area contributed by atoms with Gasteiger partial charge in [-0.15, -0.1) is 34.2 Å². The number of aliphatic imine (C=N–C) groups is 1. The van der Waals surface area contributed by atoms with E-state index in [1.807, 2.05) is 40.9 Å². The van der Waals surface area contributed by atoms with E-state index in [0.29, 0.717) is 6.54 Å². The first kappa shape index (κ1) is 23.7. The average Bonchev–Trinajstić information content (AvgIpc) is 3.19. The van der Waals surface area contributed by atoms with Gasteiger partial charge in [0, 0.05) is 63.5 Å². The van der Waals surface area contributed by atoms with Crippen LogP contribution < -0.4 is 5.32 Å². The van der Waals surface area contributed by atoms with Crippen LogP contribution >= 0.6 is 35.6 Å². The van der Waals surface area contributed by atoms with E-state index in [2.05, 4.69) is 44.4 Å². The van der Waals surface area contributed by atoms with Crippen LogP contribution in [0.3, 0.4) is 0 Å². The Morgan fingerprint density at radius 3 is 2.58 bits per heavy atom. The third-order valence-electron chi connectivity index (χ3n) is 5.31. The molecule has 0 unspecified atom stereocenters. The van der Waals surface area contributed by atoms with Crippen LogP contribution in [0.5, 0.6) is 0 Å². The summed E-state index contributed by atoms with van der Waals surface area (Å²) in [6.07, 6.45) is 2.76. The van der Waals surface area contributed by atoms with Gasteiger partial charge in [0.15, 0.2) is 11.6 Å². The van der Waals surface area contributed by atoms with E-state index in [-0.39, 0.29) is 24.0 Å². The highest BCUT2D eigenvalue weighted by Crippen LogP contribution is 2.13. The van der Waals surface area contributed by atoms with Gasteiger partial charge >= 0.3 is 0 Å². The molecule has 0 spiro atoms. The standard InChI is InChI=1S/C22H28ClN7.HI/c1-2-24-22(25-11-10-21-27-26-20-5-3-4-12-30(20)21)29-15-13-28(14-16-29)17-18-6-8-19(23)9-7-18;/h3-9,12H,2,10-11,13-17H2,1H3,(H,24,25);1H. The largest absolute Gasteiger partial charge is 0.357 e. The van der Waals surface area contributed by atoms with Gasteiger partial charge in [0.05, 0.1) is 0 Å². The van der Waals surface area contributed by atoms with Gasteiger partial charge in [-0.3, -0.25) is 14.3 Å². The molecule has 0 radical (unpaired) electrons. The first-order valence-corrected chi connectivity index (χ1v) is 10.9. The lowest BCUT2D eigenvalue weighted by Gasteiger charge is -2.36. The van der Waals surface area contributed by atoms with Crippen LogP contribution in [-0.2, 0) is 13.0 Å². The highest BCUT2D eigenvalue weighted by atomic mass is 127. The molecule has 31 heavy (non-hydrogen) atoms. The smallest absolute Gasteiger partial charge is 0.194 e. The zero-order valence-electron chi connectivity index (χ0n) is 17.7. The number of halogens is 2. The maximum atomic E-state index is 5.99. The summed E-state index contributed by atoms with van der Waals surface area (Å²) in [5.41, 5.74) is 2.18. The Kier molecular flexibility index (Phi) is 8.91. The van der Waals surface area contributed by atoms with Crippen molar-refractivity contribution >= 4 is 47.2 Å². The summed E-state index contributed by atoms with van der Waals surface area (Å²) in [6.45, 7) is 8.57. The van der Waals surface area contributed by atoms with Gasteiger partial charge in [0.25, 0.3) is 0 Å². The predicted molar refractivity (Wildman–Crippen MR) is 136 cm³/mol. The molecular weight excluding hydrogens is 525 g/mol. The first-order chi connectivity index (χ1) is 14.7. The topological polar surface area (TPSA) is 61.1 Å². The minimum Gasteiger partial charge on any atom is -0.357 e. The van der Waals surface area contributed by atoms with E-state index in [9.17, 15) is 0 Å². The summed E-state index contributed by atoms with van der Waals surface area (Å²) in [4.78, 5) is 9.68. The fourth-order valence-corrected chi connectivity index (χ4v) is 3.84. The van der Waals surface area contributed by atoms with Crippen molar-refractivity contribution in [3.63, 3.8) is 0 Å². The number of benzene rings is 1. The molecule has 7 nitrogen and oxygen atoms in total. The maximum absolute atomic E-state index is 5.99. The molecule has 0 aliphatic carbocycles. The van der Waals surface area contributed by atoms with E-state index < -0.39 is 0 Å². The number of guanidine groups is 1. The number of hydrogen-bond donors (Lipinski definition) is 1. The first-order valence-electron chi connectivity index (χ1n) is 10.5. The number of nitrogens with zero attached hydrogens (tertiary/aromatic N) is 6. The Labute approximate surface area is 205 Å². The van der Waals surface area contributed by atoms with Crippen LogP contribution in [0.4, 0.5) is 0 Å². The molecule has 9 heteroatoms. The molecule has 1 aliphatic heterocycles. The maximum Gasteiger partial charge on any atom is 0.194 e. The normalized spacial score (nSPS) is 15.2. The molecule has 1 fully saturated rings. The molecule has 3 heterocycles. The van der Waals surface area contributed by atoms with Crippen LogP contribution in [0, 0.1) is 0 Å². The van der Waals surface area contributed by atoms with Crippen LogP contribution in [0.1, 0.15) is 18.3 Å². The van der Waals surface area contributed by atoms with E-state index in [4.69, 9.17) is 16.6 Å². The molecule has 3 aromatic rings. The summed E-state index contributed by atoms with van der Waals surface area (Å²) in [6, 6.07) is 14.1. The number of rotatable bonds is 6. The SMILES string of the molecule is CCNC(=NCCc1nnc2ccccn12)N1CCN(Cc2ccc(Cl)cc2)CC1.I. The molecule has 0 amide bonds. The summed E-state index contributed by atoms with van der Waals surface area (Å²) in [5.74, 6) is 1.93. The van der Waals surface area contributed by atoms with Crippen LogP contribution in [0.15, 0.2) is 53.7 Å². The Morgan fingerprint density at radius 1 is 1.06 bits per heavy atom. The molecule has 4 rings (SSSR count). The van der Waals surface area contributed by atoms with Crippen molar-refractivity contribution in [3.8, 4) is 0 Å². The van der Waals surface area contributed by atoms with E-state index >= 15 is 0 Å². The minimum atomic E-state index is 0. The van der Waals surface area contributed by atoms with Crippen molar-refractivity contribution in [2.24, 2.45) is 4.99 Å². The van der Waals surface area contributed by atoms with Gasteiger partial charge in [-0.2, -0.15) is 0 Å². The van der Waals surface area contributed by atoms with E-state index in [1.165, 1.54) is 5.56 Å². The molecule has 0 bridgehead atoms. The molecule has 1 saturated heterocycles. The van der Waals surface area contributed by atoms with Gasteiger partial charge in [-0.05, 0) is 36.8 Å². The second-order valence-corrected chi connectivity index (χ2v) is 7.86. The lowest BCUT2D eigenvalue weighted by atomic mass is 10.2. The number of fused-ring (bicyclic) bond motifs is 1. The van der Waals surface area contributed by atoms with Crippen molar-refractivity contribution in [1.82, 2.24) is 29.7 Å². The van der Waals surface area contributed by atoms with Gasteiger partial charge in [-0.25, -0.2) is 0 Å². The quantitative estimate of drug-likeness (QED) is 0.288. The van der Waals surface area contributed by atoms with Gasteiger partial charge in [0.1, 0.15) is 5.82 Å². The third-order valence-corrected chi connectivity index (χ3v) is 5.56. The van der Waals surface area contributed by atoms with Crippen LogP contribution in [0.25, 0.3) is 5.65 Å². The number of nitrogens with one attached hydrogen (secondary N) is 1. The number of pyridine rings is 1. The zero-order chi connectivity index (χ0) is 20.8.